The molecule has 0 aliphatic carbocycles. The molecule has 120 valence electrons. The number of carbonyl (C=O) groups excluding carboxylic acids is 2. The van der Waals surface area contributed by atoms with E-state index in [2.05, 4.69) is 5.32 Å². The molecule has 5 nitrogen and oxygen atoms in total. The van der Waals surface area contributed by atoms with Gasteiger partial charge in [-0.2, -0.15) is 0 Å². The fourth-order valence-electron chi connectivity index (χ4n) is 2.84. The van der Waals surface area contributed by atoms with E-state index in [1.54, 1.807) is 11.8 Å². The lowest BCUT2D eigenvalue weighted by atomic mass is 10.0. The monoisotopic (exact) mass is 304 g/mol. The van der Waals surface area contributed by atoms with Crippen molar-refractivity contribution in [3.63, 3.8) is 0 Å². The molecule has 1 N–H and O–H groups in total. The highest BCUT2D eigenvalue weighted by molar-refractivity contribution is 6.02. The second-order valence-electron chi connectivity index (χ2n) is 6.76. The first-order chi connectivity index (χ1) is 10.1. The zero-order valence-corrected chi connectivity index (χ0v) is 14.2. The summed E-state index contributed by atoms with van der Waals surface area (Å²) in [5.74, 6) is -0.0176. The van der Waals surface area contributed by atoms with E-state index >= 15 is 0 Å². The van der Waals surface area contributed by atoms with Crippen LogP contribution in [0, 0.1) is 13.8 Å². The van der Waals surface area contributed by atoms with Gasteiger partial charge < -0.3 is 9.64 Å². The lowest BCUT2D eigenvalue weighted by Gasteiger charge is -2.24. The van der Waals surface area contributed by atoms with Crippen LogP contribution in [0.3, 0.4) is 0 Å². The van der Waals surface area contributed by atoms with Crippen molar-refractivity contribution in [2.45, 2.75) is 53.6 Å². The van der Waals surface area contributed by atoms with E-state index in [0.717, 1.165) is 28.8 Å². The molecule has 0 saturated heterocycles. The first-order valence-electron chi connectivity index (χ1n) is 7.51. The molecule has 1 heterocycles. The molecule has 1 aromatic rings. The third-order valence-corrected chi connectivity index (χ3v) is 3.69. The van der Waals surface area contributed by atoms with Crippen LogP contribution in [0.2, 0.25) is 0 Å². The predicted octanol–water partition coefficient (Wildman–Crippen LogP) is 3.56. The van der Waals surface area contributed by atoms with Crippen molar-refractivity contribution in [2.75, 3.05) is 16.8 Å². The van der Waals surface area contributed by atoms with E-state index in [0.29, 0.717) is 12.2 Å². The molecular formula is C17H24N2O3. The number of benzene rings is 1. The summed E-state index contributed by atoms with van der Waals surface area (Å²) in [4.78, 5) is 25.7. The molecular weight excluding hydrogens is 280 g/mol. The van der Waals surface area contributed by atoms with E-state index in [9.17, 15) is 9.59 Å². The van der Waals surface area contributed by atoms with Crippen molar-refractivity contribution in [3.05, 3.63) is 22.8 Å². The Bertz CT molecular complexity index is 630. The van der Waals surface area contributed by atoms with Gasteiger partial charge in [0.05, 0.1) is 11.4 Å². The Balaban J connectivity index is 2.42. The van der Waals surface area contributed by atoms with Crippen molar-refractivity contribution >= 4 is 23.4 Å². The predicted molar refractivity (Wildman–Crippen MR) is 87.5 cm³/mol. The van der Waals surface area contributed by atoms with Crippen molar-refractivity contribution in [3.8, 4) is 0 Å². The maximum Gasteiger partial charge on any atom is 0.412 e. The minimum Gasteiger partial charge on any atom is -0.444 e. The molecule has 1 aromatic carbocycles. The summed E-state index contributed by atoms with van der Waals surface area (Å²) in [5, 5.41) is 2.82. The Morgan fingerprint density at radius 1 is 1.23 bits per heavy atom. The normalized spacial score (nSPS) is 13.8. The molecule has 0 fully saturated rings. The van der Waals surface area contributed by atoms with E-state index < -0.39 is 11.7 Å². The summed E-state index contributed by atoms with van der Waals surface area (Å²) >= 11 is 0. The third kappa shape index (κ3) is 3.24. The van der Waals surface area contributed by atoms with Crippen LogP contribution in [0.25, 0.3) is 0 Å². The Hall–Kier alpha value is -2.04. The highest BCUT2D eigenvalue weighted by atomic mass is 16.6. The smallest absolute Gasteiger partial charge is 0.412 e. The van der Waals surface area contributed by atoms with Crippen molar-refractivity contribution in [1.29, 1.82) is 0 Å². The summed E-state index contributed by atoms with van der Waals surface area (Å²) < 4.78 is 5.33. The molecule has 0 radical (unpaired) electrons. The fraction of sp³-hybridized carbons (Fsp3) is 0.529. The van der Waals surface area contributed by atoms with Gasteiger partial charge >= 0.3 is 6.09 Å². The van der Waals surface area contributed by atoms with Crippen LogP contribution >= 0.6 is 0 Å². The number of ether oxygens (including phenoxy) is 1. The van der Waals surface area contributed by atoms with Gasteiger partial charge in [-0.25, -0.2) is 4.79 Å². The average molecular weight is 304 g/mol. The molecule has 0 bridgehead atoms. The zero-order valence-electron chi connectivity index (χ0n) is 14.2. The van der Waals surface area contributed by atoms with Crippen LogP contribution in [0.4, 0.5) is 16.2 Å². The van der Waals surface area contributed by atoms with Gasteiger partial charge in [0.1, 0.15) is 5.60 Å². The summed E-state index contributed by atoms with van der Waals surface area (Å²) in [7, 11) is 0. The van der Waals surface area contributed by atoms with Gasteiger partial charge in [-0.15, -0.1) is 0 Å². The second kappa shape index (κ2) is 5.63. The van der Waals surface area contributed by atoms with E-state index in [-0.39, 0.29) is 5.91 Å². The number of amides is 2. The Morgan fingerprint density at radius 3 is 2.41 bits per heavy atom. The van der Waals surface area contributed by atoms with Gasteiger partial charge in [0, 0.05) is 13.5 Å². The van der Waals surface area contributed by atoms with Crippen LogP contribution in [0.5, 0.6) is 0 Å². The largest absolute Gasteiger partial charge is 0.444 e. The zero-order chi connectivity index (χ0) is 16.7. The van der Waals surface area contributed by atoms with Crippen molar-refractivity contribution in [1.82, 2.24) is 0 Å². The molecule has 0 unspecified atom stereocenters. The number of fused-ring (bicyclic) bond motifs is 1. The number of aryl methyl sites for hydroxylation is 2. The highest BCUT2D eigenvalue weighted by Gasteiger charge is 2.29. The number of carbonyl (C=O) groups is 2. The van der Waals surface area contributed by atoms with Gasteiger partial charge in [-0.05, 0) is 57.7 Å². The van der Waals surface area contributed by atoms with Crippen LogP contribution in [-0.4, -0.2) is 24.1 Å². The maximum absolute atomic E-state index is 12.1. The summed E-state index contributed by atoms with van der Waals surface area (Å²) in [6.45, 7) is 11.6. The van der Waals surface area contributed by atoms with Gasteiger partial charge in [-0.3, -0.25) is 10.1 Å². The lowest BCUT2D eigenvalue weighted by Crippen LogP contribution is -2.30. The third-order valence-electron chi connectivity index (χ3n) is 3.69. The fourth-order valence-corrected chi connectivity index (χ4v) is 2.84. The molecule has 2 amide bonds. The minimum absolute atomic E-state index is 0.0176. The summed E-state index contributed by atoms with van der Waals surface area (Å²) in [5.41, 5.74) is 4.11. The first-order valence-corrected chi connectivity index (χ1v) is 7.51. The summed E-state index contributed by atoms with van der Waals surface area (Å²) in [6, 6.07) is 2.04. The number of rotatable bonds is 1. The van der Waals surface area contributed by atoms with Crippen LogP contribution in [0.15, 0.2) is 6.07 Å². The SMILES string of the molecule is CC(=O)N1CCc2c(C)cc(C)c(NC(=O)OC(C)(C)C)c21. The van der Waals surface area contributed by atoms with E-state index in [1.807, 2.05) is 40.7 Å². The quantitative estimate of drug-likeness (QED) is 0.863. The molecule has 22 heavy (non-hydrogen) atoms. The van der Waals surface area contributed by atoms with Gasteiger partial charge in [0.2, 0.25) is 5.91 Å². The molecule has 5 heteroatoms. The Kier molecular flexibility index (Phi) is 4.18. The maximum atomic E-state index is 12.1. The molecule has 0 saturated carbocycles. The Labute approximate surface area is 131 Å². The Morgan fingerprint density at radius 2 is 1.86 bits per heavy atom. The average Bonchev–Trinajstić information content (AvgIpc) is 2.77. The van der Waals surface area contributed by atoms with Crippen molar-refractivity contribution in [2.24, 2.45) is 0 Å². The highest BCUT2D eigenvalue weighted by Crippen LogP contribution is 2.40. The van der Waals surface area contributed by atoms with Crippen LogP contribution in [0.1, 0.15) is 44.4 Å². The standard InChI is InChI=1S/C17H24N2O3/c1-10-9-11(2)14(18-16(21)22-17(4,5)6)15-13(10)7-8-19(15)12(3)20/h9H,7-8H2,1-6H3,(H,18,21). The topological polar surface area (TPSA) is 58.6 Å². The number of hydrogen-bond donors (Lipinski definition) is 1. The molecule has 0 aromatic heterocycles. The molecule has 0 atom stereocenters. The van der Waals surface area contributed by atoms with Gasteiger partial charge in [-0.1, -0.05) is 6.07 Å². The molecule has 2 rings (SSSR count). The number of hydrogen-bond acceptors (Lipinski definition) is 3. The van der Waals surface area contributed by atoms with Crippen LogP contribution < -0.4 is 10.2 Å². The first kappa shape index (κ1) is 16.3. The minimum atomic E-state index is -0.563. The van der Waals surface area contributed by atoms with Crippen molar-refractivity contribution < 1.29 is 14.3 Å². The van der Waals surface area contributed by atoms with Crippen LogP contribution in [-0.2, 0) is 16.0 Å². The lowest BCUT2D eigenvalue weighted by molar-refractivity contribution is -0.116. The molecule has 0 spiro atoms. The molecule has 1 aliphatic heterocycles. The second-order valence-corrected chi connectivity index (χ2v) is 6.76. The van der Waals surface area contributed by atoms with E-state index in [4.69, 9.17) is 4.74 Å². The van der Waals surface area contributed by atoms with Gasteiger partial charge in [0.15, 0.2) is 0 Å². The molecule has 1 aliphatic rings. The number of anilines is 2. The number of nitrogens with zero attached hydrogens (tertiary/aromatic N) is 1. The van der Waals surface area contributed by atoms with Gasteiger partial charge in [0.25, 0.3) is 0 Å². The van der Waals surface area contributed by atoms with E-state index in [1.165, 1.54) is 0 Å². The number of nitrogens with one attached hydrogen (secondary N) is 1. The summed E-state index contributed by atoms with van der Waals surface area (Å²) in [6.07, 6.45) is 0.307.